The molecule has 0 saturated carbocycles. The van der Waals surface area contributed by atoms with Crippen molar-refractivity contribution < 1.29 is 14.0 Å². The van der Waals surface area contributed by atoms with Gasteiger partial charge in [0.15, 0.2) is 0 Å². The van der Waals surface area contributed by atoms with Gasteiger partial charge in [0.1, 0.15) is 11.9 Å². The number of aryl methyl sites for hydroxylation is 1. The number of rotatable bonds is 10. The van der Waals surface area contributed by atoms with Gasteiger partial charge in [-0.25, -0.2) is 4.39 Å². The van der Waals surface area contributed by atoms with Crippen LogP contribution in [0.5, 0.6) is 0 Å². The third-order valence-electron chi connectivity index (χ3n) is 6.03. The summed E-state index contributed by atoms with van der Waals surface area (Å²) in [5.74, 6) is -0.564. The fraction of sp³-hybridized carbons (Fsp3) is 0.407. The van der Waals surface area contributed by atoms with Gasteiger partial charge in [-0.1, -0.05) is 54.1 Å². The van der Waals surface area contributed by atoms with Crippen molar-refractivity contribution >= 4 is 11.8 Å². The topological polar surface area (TPSA) is 49.4 Å². The predicted octanol–water partition coefficient (Wildman–Crippen LogP) is 5.18. The van der Waals surface area contributed by atoms with Crippen LogP contribution in [0.4, 0.5) is 4.39 Å². The van der Waals surface area contributed by atoms with Crippen molar-refractivity contribution in [3.8, 4) is 0 Å². The maximum absolute atomic E-state index is 13.3. The molecular weight excluding hydrogens is 403 g/mol. The van der Waals surface area contributed by atoms with Gasteiger partial charge in [-0.3, -0.25) is 9.59 Å². The van der Waals surface area contributed by atoms with E-state index in [-0.39, 0.29) is 24.2 Å². The number of carbonyl (C=O) groups excluding carboxylic acids is 2. The Balaban J connectivity index is 1.62. The van der Waals surface area contributed by atoms with Crippen molar-refractivity contribution in [2.75, 3.05) is 6.54 Å². The molecule has 1 atom stereocenters. The number of hydrogen-bond acceptors (Lipinski definition) is 2. The molecule has 0 aliphatic heterocycles. The van der Waals surface area contributed by atoms with E-state index >= 15 is 0 Å². The number of nitrogens with one attached hydrogen (secondary N) is 1. The zero-order valence-corrected chi connectivity index (χ0v) is 18.9. The van der Waals surface area contributed by atoms with Crippen LogP contribution in [0.1, 0.15) is 56.6 Å². The molecule has 1 aliphatic carbocycles. The molecule has 32 heavy (non-hydrogen) atoms. The Hall–Kier alpha value is -2.95. The molecule has 1 N–H and O–H groups in total. The van der Waals surface area contributed by atoms with Gasteiger partial charge in [0, 0.05) is 19.5 Å². The van der Waals surface area contributed by atoms with Gasteiger partial charge in [0.2, 0.25) is 11.8 Å². The maximum Gasteiger partial charge on any atom is 0.242 e. The quantitative estimate of drug-likeness (QED) is 0.522. The van der Waals surface area contributed by atoms with E-state index in [0.29, 0.717) is 19.4 Å². The monoisotopic (exact) mass is 436 g/mol. The van der Waals surface area contributed by atoms with Crippen molar-refractivity contribution in [3.63, 3.8) is 0 Å². The highest BCUT2D eigenvalue weighted by Crippen LogP contribution is 2.19. The standard InChI is InChI=1S/C27H33FN2O2/c1-21(27(32)29-19-18-23-10-6-3-7-11-23)30(20-24-12-15-25(28)16-13-24)26(31)17-14-22-8-4-2-5-9-22/h2,4-5,8-10,12-13,15-16,21H,3,6-7,11,14,17-20H2,1H3,(H,29,32)/t21-/m0/s1. The molecule has 0 heterocycles. The SMILES string of the molecule is C[C@@H](C(=O)NCCC1=CCCCC1)N(Cc1ccc(F)cc1)C(=O)CCc1ccccc1. The predicted molar refractivity (Wildman–Crippen MR) is 125 cm³/mol. The number of allylic oxidation sites excluding steroid dienone is 1. The van der Waals surface area contributed by atoms with Gasteiger partial charge in [-0.2, -0.15) is 0 Å². The number of carbonyl (C=O) groups is 2. The van der Waals surface area contributed by atoms with Crippen LogP contribution in [0.15, 0.2) is 66.2 Å². The second-order valence-electron chi connectivity index (χ2n) is 8.46. The van der Waals surface area contributed by atoms with E-state index in [2.05, 4.69) is 11.4 Å². The molecule has 0 fully saturated rings. The average molecular weight is 437 g/mol. The number of amides is 2. The van der Waals surface area contributed by atoms with Crippen LogP contribution in [0.25, 0.3) is 0 Å². The van der Waals surface area contributed by atoms with Crippen LogP contribution in [-0.4, -0.2) is 29.3 Å². The summed E-state index contributed by atoms with van der Waals surface area (Å²) in [6.45, 7) is 2.62. The lowest BCUT2D eigenvalue weighted by molar-refractivity contribution is -0.140. The fourth-order valence-electron chi connectivity index (χ4n) is 4.03. The Morgan fingerprint density at radius 3 is 2.44 bits per heavy atom. The molecule has 4 nitrogen and oxygen atoms in total. The smallest absolute Gasteiger partial charge is 0.242 e. The highest BCUT2D eigenvalue weighted by atomic mass is 19.1. The Labute approximate surface area is 190 Å². The Morgan fingerprint density at radius 2 is 1.75 bits per heavy atom. The normalized spacial score (nSPS) is 14.4. The highest BCUT2D eigenvalue weighted by molar-refractivity contribution is 5.87. The molecule has 2 amide bonds. The van der Waals surface area contributed by atoms with Crippen molar-refractivity contribution in [3.05, 3.63) is 83.2 Å². The first kappa shape index (κ1) is 23.7. The van der Waals surface area contributed by atoms with Gasteiger partial charge in [-0.15, -0.1) is 0 Å². The van der Waals surface area contributed by atoms with Gasteiger partial charge >= 0.3 is 0 Å². The molecule has 0 saturated heterocycles. The van der Waals surface area contributed by atoms with E-state index in [4.69, 9.17) is 0 Å². The van der Waals surface area contributed by atoms with Crippen molar-refractivity contribution in [1.82, 2.24) is 10.2 Å². The minimum Gasteiger partial charge on any atom is -0.354 e. The molecule has 0 bridgehead atoms. The summed E-state index contributed by atoms with van der Waals surface area (Å²) in [4.78, 5) is 27.6. The lowest BCUT2D eigenvalue weighted by Gasteiger charge is -2.29. The largest absolute Gasteiger partial charge is 0.354 e. The lowest BCUT2D eigenvalue weighted by atomic mass is 9.97. The zero-order valence-electron chi connectivity index (χ0n) is 18.9. The van der Waals surface area contributed by atoms with Gasteiger partial charge in [-0.05, 0) is 68.7 Å². The van der Waals surface area contributed by atoms with E-state index in [1.165, 1.54) is 30.5 Å². The van der Waals surface area contributed by atoms with E-state index in [9.17, 15) is 14.0 Å². The molecule has 5 heteroatoms. The summed E-state index contributed by atoms with van der Waals surface area (Å²) in [6.07, 6.45) is 8.78. The highest BCUT2D eigenvalue weighted by Gasteiger charge is 2.25. The van der Waals surface area contributed by atoms with E-state index in [1.54, 1.807) is 24.0 Å². The Bertz CT molecular complexity index is 909. The molecule has 170 valence electrons. The molecule has 1 aliphatic rings. The van der Waals surface area contributed by atoms with Crippen LogP contribution < -0.4 is 5.32 Å². The van der Waals surface area contributed by atoms with E-state index < -0.39 is 6.04 Å². The summed E-state index contributed by atoms with van der Waals surface area (Å²) in [5.41, 5.74) is 3.29. The van der Waals surface area contributed by atoms with Gasteiger partial charge in [0.05, 0.1) is 0 Å². The van der Waals surface area contributed by atoms with Gasteiger partial charge in [0.25, 0.3) is 0 Å². The zero-order chi connectivity index (χ0) is 22.8. The Morgan fingerprint density at radius 1 is 1.00 bits per heavy atom. The molecule has 0 aromatic heterocycles. The van der Waals surface area contributed by atoms with Crippen LogP contribution in [0, 0.1) is 5.82 Å². The minimum atomic E-state index is -0.608. The summed E-state index contributed by atoms with van der Waals surface area (Å²) < 4.78 is 13.3. The van der Waals surface area contributed by atoms with Crippen LogP contribution in [0.3, 0.4) is 0 Å². The molecule has 2 aromatic carbocycles. The third-order valence-corrected chi connectivity index (χ3v) is 6.03. The first-order valence-corrected chi connectivity index (χ1v) is 11.6. The molecule has 0 spiro atoms. The molecule has 0 unspecified atom stereocenters. The minimum absolute atomic E-state index is 0.0872. The number of nitrogens with zero attached hydrogens (tertiary/aromatic N) is 1. The number of benzene rings is 2. The summed E-state index contributed by atoms with van der Waals surface area (Å²) in [6, 6.07) is 15.3. The fourth-order valence-corrected chi connectivity index (χ4v) is 4.03. The van der Waals surface area contributed by atoms with Crippen molar-refractivity contribution in [2.45, 2.75) is 64.5 Å². The Kier molecular flexibility index (Phi) is 9.02. The van der Waals surface area contributed by atoms with E-state index in [1.807, 2.05) is 30.3 Å². The first-order chi connectivity index (χ1) is 15.5. The summed E-state index contributed by atoms with van der Waals surface area (Å²) >= 11 is 0. The molecule has 2 aromatic rings. The van der Waals surface area contributed by atoms with Crippen LogP contribution in [0.2, 0.25) is 0 Å². The van der Waals surface area contributed by atoms with Gasteiger partial charge < -0.3 is 10.2 Å². The number of halogens is 1. The van der Waals surface area contributed by atoms with Crippen LogP contribution >= 0.6 is 0 Å². The first-order valence-electron chi connectivity index (χ1n) is 11.6. The van der Waals surface area contributed by atoms with Crippen LogP contribution in [-0.2, 0) is 22.6 Å². The third kappa shape index (κ3) is 7.33. The maximum atomic E-state index is 13.3. The molecular formula is C27H33FN2O2. The van der Waals surface area contributed by atoms with E-state index in [0.717, 1.165) is 30.4 Å². The lowest BCUT2D eigenvalue weighted by Crippen LogP contribution is -2.47. The second kappa shape index (κ2) is 12.2. The molecule has 0 radical (unpaired) electrons. The number of hydrogen-bond donors (Lipinski definition) is 1. The summed E-state index contributed by atoms with van der Waals surface area (Å²) in [7, 11) is 0. The van der Waals surface area contributed by atoms with Crippen molar-refractivity contribution in [1.29, 1.82) is 0 Å². The average Bonchev–Trinajstić information content (AvgIpc) is 2.83. The molecule has 3 rings (SSSR count). The van der Waals surface area contributed by atoms with Crippen molar-refractivity contribution in [2.24, 2.45) is 0 Å². The summed E-state index contributed by atoms with van der Waals surface area (Å²) in [5, 5.41) is 3.00. The second-order valence-corrected chi connectivity index (χ2v) is 8.46.